The van der Waals surface area contributed by atoms with Crippen molar-refractivity contribution in [3.63, 3.8) is 0 Å². The Morgan fingerprint density at radius 3 is 2.43 bits per heavy atom. The maximum Gasteiger partial charge on any atom is 0.339 e. The molecule has 194 valence electrons. The number of esters is 1. The second kappa shape index (κ2) is 11.3. The van der Waals surface area contributed by atoms with Gasteiger partial charge >= 0.3 is 5.97 Å². The van der Waals surface area contributed by atoms with Crippen LogP contribution in [0, 0.1) is 17.0 Å². The molecule has 3 aromatic carbocycles. The van der Waals surface area contributed by atoms with Gasteiger partial charge in [-0.25, -0.2) is 13.2 Å². The molecular formula is C24H22ClN3O8S. The number of methoxy groups -OCH3 is 2. The van der Waals surface area contributed by atoms with Gasteiger partial charge in [0.2, 0.25) is 5.91 Å². The summed E-state index contributed by atoms with van der Waals surface area (Å²) in [6, 6.07) is 13.6. The summed E-state index contributed by atoms with van der Waals surface area (Å²) in [5.74, 6) is -1.44. The van der Waals surface area contributed by atoms with E-state index in [-0.39, 0.29) is 33.3 Å². The lowest BCUT2D eigenvalue weighted by molar-refractivity contribution is -0.385. The number of ether oxygens (including phenoxy) is 2. The predicted octanol–water partition coefficient (Wildman–Crippen LogP) is 4.19. The van der Waals surface area contributed by atoms with Crippen LogP contribution in [0.5, 0.6) is 5.75 Å². The number of hydrogen-bond acceptors (Lipinski definition) is 8. The number of amides is 1. The quantitative estimate of drug-likeness (QED) is 0.238. The third kappa shape index (κ3) is 5.98. The molecule has 0 aromatic heterocycles. The van der Waals surface area contributed by atoms with Gasteiger partial charge in [-0.1, -0.05) is 29.8 Å². The van der Waals surface area contributed by atoms with Gasteiger partial charge < -0.3 is 14.8 Å². The van der Waals surface area contributed by atoms with Gasteiger partial charge in [0.05, 0.1) is 41.0 Å². The lowest BCUT2D eigenvalue weighted by Gasteiger charge is -2.26. The highest BCUT2D eigenvalue weighted by Gasteiger charge is 2.31. The Morgan fingerprint density at radius 2 is 1.78 bits per heavy atom. The summed E-state index contributed by atoms with van der Waals surface area (Å²) in [6.07, 6.45) is 0. The van der Waals surface area contributed by atoms with Crippen molar-refractivity contribution in [2.75, 3.05) is 30.4 Å². The molecule has 1 N–H and O–H groups in total. The summed E-state index contributed by atoms with van der Waals surface area (Å²) in [7, 11) is -2.07. The number of aryl methyl sites for hydroxylation is 1. The monoisotopic (exact) mass is 547 g/mol. The zero-order chi connectivity index (χ0) is 27.3. The topological polar surface area (TPSA) is 145 Å². The van der Waals surface area contributed by atoms with Crippen molar-refractivity contribution < 1.29 is 32.4 Å². The molecule has 3 aromatic rings. The van der Waals surface area contributed by atoms with Crippen LogP contribution in [0.1, 0.15) is 15.9 Å². The van der Waals surface area contributed by atoms with Crippen molar-refractivity contribution in [3.8, 4) is 5.75 Å². The second-order valence-electron chi connectivity index (χ2n) is 7.62. The molecular weight excluding hydrogens is 526 g/mol. The molecule has 0 saturated heterocycles. The number of halogens is 1. The van der Waals surface area contributed by atoms with E-state index in [1.54, 1.807) is 12.1 Å². The first-order valence-corrected chi connectivity index (χ1v) is 12.4. The van der Waals surface area contributed by atoms with Gasteiger partial charge in [0.25, 0.3) is 15.7 Å². The number of carbonyl (C=O) groups excluding carboxylic acids is 2. The Labute approximate surface area is 217 Å². The highest BCUT2D eigenvalue weighted by molar-refractivity contribution is 7.92. The summed E-state index contributed by atoms with van der Waals surface area (Å²) in [5, 5.41) is 14.1. The minimum Gasteiger partial charge on any atom is -0.495 e. The number of hydrogen-bond donors (Lipinski definition) is 1. The van der Waals surface area contributed by atoms with E-state index in [0.717, 1.165) is 10.4 Å². The first-order chi connectivity index (χ1) is 17.5. The van der Waals surface area contributed by atoms with E-state index in [2.05, 4.69) is 5.32 Å². The van der Waals surface area contributed by atoms with Crippen LogP contribution in [-0.2, 0) is 19.6 Å². The molecule has 13 heteroatoms. The van der Waals surface area contributed by atoms with Crippen molar-refractivity contribution in [1.29, 1.82) is 0 Å². The van der Waals surface area contributed by atoms with Gasteiger partial charge in [0, 0.05) is 16.7 Å². The number of para-hydroxylation sites is 1. The number of rotatable bonds is 9. The van der Waals surface area contributed by atoms with Crippen LogP contribution in [0.25, 0.3) is 0 Å². The summed E-state index contributed by atoms with van der Waals surface area (Å²) in [4.78, 5) is 35.5. The molecule has 0 aliphatic heterocycles. The van der Waals surface area contributed by atoms with E-state index in [1.165, 1.54) is 63.6 Å². The summed E-state index contributed by atoms with van der Waals surface area (Å²) >= 11 is 6.12. The summed E-state index contributed by atoms with van der Waals surface area (Å²) in [6.45, 7) is 0.689. The molecule has 0 heterocycles. The number of nitrogens with zero attached hydrogens (tertiary/aromatic N) is 2. The van der Waals surface area contributed by atoms with Crippen LogP contribution in [0.15, 0.2) is 65.6 Å². The fourth-order valence-electron chi connectivity index (χ4n) is 3.43. The normalized spacial score (nSPS) is 10.9. The lowest BCUT2D eigenvalue weighted by atomic mass is 10.2. The van der Waals surface area contributed by atoms with Crippen LogP contribution in [0.2, 0.25) is 5.02 Å². The minimum absolute atomic E-state index is 0.0576. The van der Waals surface area contributed by atoms with Crippen LogP contribution in [0.3, 0.4) is 0 Å². The molecule has 0 aliphatic carbocycles. The van der Waals surface area contributed by atoms with Gasteiger partial charge in [0.15, 0.2) is 0 Å². The minimum atomic E-state index is -4.56. The fraction of sp³-hybridized carbons (Fsp3) is 0.167. The van der Waals surface area contributed by atoms with Gasteiger partial charge in [-0.05, 0) is 43.3 Å². The van der Waals surface area contributed by atoms with Crippen molar-refractivity contribution in [2.24, 2.45) is 0 Å². The number of benzene rings is 3. The van der Waals surface area contributed by atoms with Gasteiger partial charge in [-0.3, -0.25) is 19.2 Å². The Kier molecular flexibility index (Phi) is 8.35. The molecule has 0 saturated carbocycles. The van der Waals surface area contributed by atoms with Crippen molar-refractivity contribution in [2.45, 2.75) is 11.8 Å². The molecule has 0 fully saturated rings. The zero-order valence-corrected chi connectivity index (χ0v) is 21.5. The summed E-state index contributed by atoms with van der Waals surface area (Å²) in [5.41, 5.74) is -0.0684. The highest BCUT2D eigenvalue weighted by Crippen LogP contribution is 2.36. The number of anilines is 2. The average molecular weight is 548 g/mol. The molecule has 1 amide bonds. The Bertz CT molecular complexity index is 1480. The number of nitro groups is 1. The summed E-state index contributed by atoms with van der Waals surface area (Å²) < 4.78 is 38.3. The zero-order valence-electron chi connectivity index (χ0n) is 19.9. The third-order valence-corrected chi connectivity index (χ3v) is 7.26. The van der Waals surface area contributed by atoms with Crippen LogP contribution in [-0.4, -0.2) is 46.0 Å². The van der Waals surface area contributed by atoms with E-state index in [1.807, 2.05) is 0 Å². The highest BCUT2D eigenvalue weighted by atomic mass is 35.5. The lowest BCUT2D eigenvalue weighted by Crippen LogP contribution is -2.38. The largest absolute Gasteiger partial charge is 0.495 e. The molecule has 0 radical (unpaired) electrons. The maximum absolute atomic E-state index is 13.8. The third-order valence-electron chi connectivity index (χ3n) is 5.27. The van der Waals surface area contributed by atoms with E-state index in [9.17, 15) is 28.1 Å². The molecule has 0 atom stereocenters. The number of sulfonamides is 1. The molecule has 3 rings (SSSR count). The van der Waals surface area contributed by atoms with Crippen molar-refractivity contribution >= 4 is 50.6 Å². The SMILES string of the molecule is COC(=O)c1ccccc1NC(=O)CN(c1cc(Cl)ccc1OC)S(=O)(=O)c1ccc(C)c([N+](=O)[O-])c1. The number of nitro benzene ring substituents is 1. The second-order valence-corrected chi connectivity index (χ2v) is 9.92. The first-order valence-electron chi connectivity index (χ1n) is 10.6. The number of carbonyl (C=O) groups is 2. The molecule has 37 heavy (non-hydrogen) atoms. The smallest absolute Gasteiger partial charge is 0.339 e. The average Bonchev–Trinajstić information content (AvgIpc) is 2.87. The standard InChI is InChI=1S/C24H22ClN3O8S/c1-15-8-10-17(13-20(15)28(31)32)37(33,34)27(21-12-16(25)9-11-22(21)35-2)14-23(29)26-19-7-5-4-6-18(19)24(30)36-3/h4-13H,14H2,1-3H3,(H,26,29). The van der Waals surface area contributed by atoms with Gasteiger partial charge in [0.1, 0.15) is 12.3 Å². The molecule has 0 bridgehead atoms. The molecule has 0 aliphatic rings. The van der Waals surface area contributed by atoms with Crippen LogP contribution < -0.4 is 14.4 Å². The van der Waals surface area contributed by atoms with E-state index in [0.29, 0.717) is 0 Å². The molecule has 0 spiro atoms. The van der Waals surface area contributed by atoms with E-state index in [4.69, 9.17) is 21.1 Å². The Hall–Kier alpha value is -4.16. The molecule has 0 unspecified atom stereocenters. The van der Waals surface area contributed by atoms with Crippen molar-refractivity contribution in [3.05, 3.63) is 86.9 Å². The van der Waals surface area contributed by atoms with Crippen LogP contribution >= 0.6 is 11.6 Å². The van der Waals surface area contributed by atoms with Crippen LogP contribution in [0.4, 0.5) is 17.1 Å². The van der Waals surface area contributed by atoms with Gasteiger partial charge in [-0.2, -0.15) is 0 Å². The Morgan fingerprint density at radius 1 is 1.08 bits per heavy atom. The predicted molar refractivity (Wildman–Crippen MR) is 137 cm³/mol. The molecule has 11 nitrogen and oxygen atoms in total. The van der Waals surface area contributed by atoms with E-state index >= 15 is 0 Å². The number of nitrogens with one attached hydrogen (secondary N) is 1. The maximum atomic E-state index is 13.8. The van der Waals surface area contributed by atoms with E-state index < -0.39 is 44.0 Å². The van der Waals surface area contributed by atoms with Crippen molar-refractivity contribution in [1.82, 2.24) is 0 Å². The Balaban J connectivity index is 2.10. The first kappa shape index (κ1) is 27.4. The van der Waals surface area contributed by atoms with Gasteiger partial charge in [-0.15, -0.1) is 0 Å². The fourth-order valence-corrected chi connectivity index (χ4v) is 5.04.